The molecule has 0 saturated carbocycles. The van der Waals surface area contributed by atoms with Gasteiger partial charge in [-0.1, -0.05) is 25.1 Å². The van der Waals surface area contributed by atoms with Crippen LogP contribution in [0.5, 0.6) is 5.75 Å². The topological polar surface area (TPSA) is 72.5 Å². The number of rotatable bonds is 9. The smallest absolute Gasteiger partial charge is 0.240 e. The van der Waals surface area contributed by atoms with E-state index in [1.165, 1.54) is 30.3 Å². The summed E-state index contributed by atoms with van der Waals surface area (Å²) in [7, 11) is -3.53. The molecule has 2 aromatic rings. The van der Waals surface area contributed by atoms with E-state index < -0.39 is 10.0 Å². The largest absolute Gasteiger partial charge is 0.493 e. The molecule has 0 spiro atoms. The summed E-state index contributed by atoms with van der Waals surface area (Å²) >= 11 is 0. The Morgan fingerprint density at radius 2 is 1.77 bits per heavy atom. The third-order valence-electron chi connectivity index (χ3n) is 3.62. The molecule has 0 saturated heterocycles. The number of hydrogen-bond acceptors (Lipinski definition) is 4. The molecule has 2 aromatic carbocycles. The monoisotopic (exact) mass is 373 g/mol. The molecule has 5 nitrogen and oxygen atoms in total. The molecule has 26 heavy (non-hydrogen) atoms. The molecule has 0 aliphatic rings. The van der Waals surface area contributed by atoms with E-state index in [0.717, 1.165) is 5.56 Å². The third-order valence-corrected chi connectivity index (χ3v) is 5.10. The SMILES string of the molecule is CCCNS(=O)(=O)c1ccc(C(=O)C=Cc2ccccc2OCC)cc1. The van der Waals surface area contributed by atoms with E-state index in [-0.39, 0.29) is 10.7 Å². The number of hydrogen-bond donors (Lipinski definition) is 1. The van der Waals surface area contributed by atoms with Crippen LogP contribution < -0.4 is 9.46 Å². The minimum Gasteiger partial charge on any atom is -0.493 e. The molecule has 0 aliphatic carbocycles. The highest BCUT2D eigenvalue weighted by atomic mass is 32.2. The molecule has 0 aliphatic heterocycles. The minimum atomic E-state index is -3.53. The summed E-state index contributed by atoms with van der Waals surface area (Å²) in [5, 5.41) is 0. The highest BCUT2D eigenvalue weighted by Gasteiger charge is 2.13. The molecule has 0 heterocycles. The first-order chi connectivity index (χ1) is 12.5. The van der Waals surface area contributed by atoms with Gasteiger partial charge in [0, 0.05) is 17.7 Å². The van der Waals surface area contributed by atoms with Crippen molar-refractivity contribution in [3.8, 4) is 5.75 Å². The third kappa shape index (κ3) is 5.28. The molecule has 138 valence electrons. The first-order valence-corrected chi connectivity index (χ1v) is 10.00. The van der Waals surface area contributed by atoms with Crippen LogP contribution in [-0.4, -0.2) is 27.4 Å². The van der Waals surface area contributed by atoms with Crippen LogP contribution in [0.1, 0.15) is 36.2 Å². The van der Waals surface area contributed by atoms with Gasteiger partial charge in [-0.05, 0) is 55.8 Å². The fourth-order valence-electron chi connectivity index (χ4n) is 2.28. The summed E-state index contributed by atoms with van der Waals surface area (Å²) in [5.74, 6) is 0.504. The van der Waals surface area contributed by atoms with Gasteiger partial charge in [0.05, 0.1) is 11.5 Å². The average Bonchev–Trinajstić information content (AvgIpc) is 2.66. The summed E-state index contributed by atoms with van der Waals surface area (Å²) in [6, 6.07) is 13.4. The zero-order valence-corrected chi connectivity index (χ0v) is 15.8. The molecule has 0 atom stereocenters. The summed E-state index contributed by atoms with van der Waals surface area (Å²) in [6.45, 7) is 4.71. The van der Waals surface area contributed by atoms with Crippen molar-refractivity contribution in [1.82, 2.24) is 4.72 Å². The summed E-state index contributed by atoms with van der Waals surface area (Å²) in [4.78, 5) is 12.5. The van der Waals surface area contributed by atoms with Crippen molar-refractivity contribution in [2.24, 2.45) is 0 Å². The molecule has 0 radical (unpaired) electrons. The van der Waals surface area contributed by atoms with E-state index >= 15 is 0 Å². The van der Waals surface area contributed by atoms with Crippen LogP contribution in [0, 0.1) is 0 Å². The average molecular weight is 373 g/mol. The van der Waals surface area contributed by atoms with Crippen molar-refractivity contribution >= 4 is 21.9 Å². The second kappa shape index (κ2) is 9.31. The lowest BCUT2D eigenvalue weighted by molar-refractivity contribution is 0.104. The van der Waals surface area contributed by atoms with Gasteiger partial charge in [0.25, 0.3) is 0 Å². The first-order valence-electron chi connectivity index (χ1n) is 8.52. The normalized spacial score (nSPS) is 11.6. The quantitative estimate of drug-likeness (QED) is 0.538. The van der Waals surface area contributed by atoms with E-state index in [1.807, 2.05) is 38.1 Å². The molecule has 0 aromatic heterocycles. The molecule has 0 bridgehead atoms. The molecule has 2 rings (SSSR count). The Hall–Kier alpha value is -2.44. The summed E-state index contributed by atoms with van der Waals surface area (Å²) in [5.41, 5.74) is 1.23. The Morgan fingerprint density at radius 3 is 2.42 bits per heavy atom. The second-order valence-electron chi connectivity index (χ2n) is 5.59. The van der Waals surface area contributed by atoms with Gasteiger partial charge in [0.2, 0.25) is 10.0 Å². The Balaban J connectivity index is 2.13. The molecule has 0 fully saturated rings. The van der Waals surface area contributed by atoms with Crippen molar-refractivity contribution in [3.63, 3.8) is 0 Å². The van der Waals surface area contributed by atoms with Crippen molar-refractivity contribution < 1.29 is 17.9 Å². The van der Waals surface area contributed by atoms with Gasteiger partial charge in [-0.15, -0.1) is 0 Å². The van der Waals surface area contributed by atoms with Crippen LogP contribution in [0.15, 0.2) is 59.5 Å². The summed E-state index contributed by atoms with van der Waals surface area (Å²) in [6.07, 6.45) is 3.86. The van der Waals surface area contributed by atoms with Crippen molar-refractivity contribution in [2.75, 3.05) is 13.2 Å². The Kier molecular flexibility index (Phi) is 7.12. The van der Waals surface area contributed by atoms with Gasteiger partial charge in [-0.25, -0.2) is 13.1 Å². The highest BCUT2D eigenvalue weighted by Crippen LogP contribution is 2.20. The zero-order chi connectivity index (χ0) is 19.0. The lowest BCUT2D eigenvalue weighted by Crippen LogP contribution is -2.24. The molecule has 6 heteroatoms. The molecule has 0 amide bonds. The number of sulfonamides is 1. The predicted molar refractivity (Wildman–Crippen MR) is 103 cm³/mol. The van der Waals surface area contributed by atoms with Crippen LogP contribution in [0.3, 0.4) is 0 Å². The summed E-state index contributed by atoms with van der Waals surface area (Å²) < 4.78 is 32.1. The van der Waals surface area contributed by atoms with Crippen LogP contribution in [0.25, 0.3) is 6.08 Å². The number of allylic oxidation sites excluding steroid dienone is 1. The van der Waals surface area contributed by atoms with Crippen LogP contribution in [-0.2, 0) is 10.0 Å². The lowest BCUT2D eigenvalue weighted by atomic mass is 10.1. The zero-order valence-electron chi connectivity index (χ0n) is 14.9. The Morgan fingerprint density at radius 1 is 1.08 bits per heavy atom. The van der Waals surface area contributed by atoms with E-state index in [2.05, 4.69) is 4.72 Å². The van der Waals surface area contributed by atoms with Crippen LogP contribution >= 0.6 is 0 Å². The maximum Gasteiger partial charge on any atom is 0.240 e. The van der Waals surface area contributed by atoms with Crippen molar-refractivity contribution in [2.45, 2.75) is 25.2 Å². The number of benzene rings is 2. The predicted octanol–water partition coefficient (Wildman–Crippen LogP) is 3.67. The standard InChI is InChI=1S/C20H23NO4S/c1-3-15-21-26(23,24)18-12-9-16(10-13-18)19(22)14-11-17-7-5-6-8-20(17)25-4-2/h5-14,21H,3-4,15H2,1-2H3. The van der Waals surface area contributed by atoms with Gasteiger partial charge in [-0.2, -0.15) is 0 Å². The van der Waals surface area contributed by atoms with Gasteiger partial charge in [0.15, 0.2) is 5.78 Å². The molecular formula is C20H23NO4S. The van der Waals surface area contributed by atoms with Crippen LogP contribution in [0.4, 0.5) is 0 Å². The number of para-hydroxylation sites is 1. The maximum atomic E-state index is 12.3. The first kappa shape index (κ1) is 19.9. The van der Waals surface area contributed by atoms with Gasteiger partial charge in [0.1, 0.15) is 5.75 Å². The van der Waals surface area contributed by atoms with Gasteiger partial charge in [-0.3, -0.25) is 4.79 Å². The van der Waals surface area contributed by atoms with E-state index in [1.54, 1.807) is 6.08 Å². The minimum absolute atomic E-state index is 0.146. The van der Waals surface area contributed by atoms with Crippen molar-refractivity contribution in [1.29, 1.82) is 0 Å². The maximum absolute atomic E-state index is 12.3. The number of carbonyl (C=O) groups excluding carboxylic acids is 1. The van der Waals surface area contributed by atoms with Gasteiger partial charge >= 0.3 is 0 Å². The fourth-order valence-corrected chi connectivity index (χ4v) is 3.42. The Bertz CT molecular complexity index is 871. The molecule has 0 unspecified atom stereocenters. The number of ketones is 1. The van der Waals surface area contributed by atoms with E-state index in [9.17, 15) is 13.2 Å². The van der Waals surface area contributed by atoms with E-state index in [4.69, 9.17) is 4.74 Å². The van der Waals surface area contributed by atoms with Crippen LogP contribution in [0.2, 0.25) is 0 Å². The lowest BCUT2D eigenvalue weighted by Gasteiger charge is -2.06. The number of carbonyl (C=O) groups is 1. The molecule has 1 N–H and O–H groups in total. The van der Waals surface area contributed by atoms with E-state index in [0.29, 0.717) is 30.9 Å². The number of nitrogens with one attached hydrogen (secondary N) is 1. The Labute approximate surface area is 154 Å². The second-order valence-corrected chi connectivity index (χ2v) is 7.36. The fraction of sp³-hybridized carbons (Fsp3) is 0.250. The molecular weight excluding hydrogens is 350 g/mol. The number of ether oxygens (including phenoxy) is 1. The highest BCUT2D eigenvalue weighted by molar-refractivity contribution is 7.89. The van der Waals surface area contributed by atoms with Crippen molar-refractivity contribution in [3.05, 3.63) is 65.7 Å². The van der Waals surface area contributed by atoms with Gasteiger partial charge < -0.3 is 4.74 Å².